The first-order valence-corrected chi connectivity index (χ1v) is 16.4. The number of benzene rings is 2. The lowest BCUT2D eigenvalue weighted by atomic mass is 9.85. The van der Waals surface area contributed by atoms with Crippen molar-refractivity contribution in [3.05, 3.63) is 95.3 Å². The first kappa shape index (κ1) is 36.8. The monoisotopic (exact) mass is 698 g/mol. The Balaban J connectivity index is 0.00000645. The van der Waals surface area contributed by atoms with E-state index < -0.39 is 0 Å². The molecule has 0 spiro atoms. The van der Waals surface area contributed by atoms with Crippen molar-refractivity contribution in [1.29, 1.82) is 0 Å². The van der Waals surface area contributed by atoms with E-state index in [2.05, 4.69) is 81.9 Å². The quantitative estimate of drug-likeness (QED) is 0.0872. The molecule has 236 valence electrons. The van der Waals surface area contributed by atoms with Crippen LogP contribution < -0.4 is 33.3 Å². The Labute approximate surface area is 279 Å². The van der Waals surface area contributed by atoms with Crippen LogP contribution in [0.2, 0.25) is 0 Å². The van der Waals surface area contributed by atoms with Gasteiger partial charge < -0.3 is 33.6 Å². The molecule has 0 fully saturated rings. The van der Waals surface area contributed by atoms with Crippen molar-refractivity contribution in [3.8, 4) is 5.75 Å². The second kappa shape index (κ2) is 19.8. The number of hydrogen-bond donors (Lipinski definition) is 0. The Morgan fingerprint density at radius 3 is 1.91 bits per heavy atom. The lowest BCUT2D eigenvalue weighted by molar-refractivity contribution is -0.693. The van der Waals surface area contributed by atoms with Gasteiger partial charge in [0.15, 0.2) is 12.4 Å². The molecule has 0 atom stereocenters. The molecule has 0 aliphatic rings. The smallest absolute Gasteiger partial charge is 0.254 e. The van der Waals surface area contributed by atoms with E-state index in [1.165, 1.54) is 63.4 Å². The fourth-order valence-corrected chi connectivity index (χ4v) is 5.37. The van der Waals surface area contributed by atoms with Crippen LogP contribution in [0.5, 0.6) is 5.75 Å². The van der Waals surface area contributed by atoms with Gasteiger partial charge in [-0.05, 0) is 59.7 Å². The molecule has 0 saturated heterocycles. The lowest BCUT2D eigenvalue weighted by Gasteiger charge is -2.26. The third kappa shape index (κ3) is 13.0. The maximum atomic E-state index is 13.6. The zero-order chi connectivity index (χ0) is 30.2. The minimum Gasteiger partial charge on any atom is -1.00 e. The van der Waals surface area contributed by atoms with Crippen LogP contribution in [-0.2, 0) is 25.0 Å². The topological polar surface area (TPSA) is 33.4 Å². The summed E-state index contributed by atoms with van der Waals surface area (Å²) in [4.78, 5) is 15.6. The van der Waals surface area contributed by atoms with Gasteiger partial charge in [-0.25, -0.2) is 4.57 Å². The van der Waals surface area contributed by atoms with Crippen LogP contribution in [0.15, 0.2) is 73.1 Å². The molecule has 3 rings (SSSR count). The number of hydrogen-bond acceptors (Lipinski definition) is 2. The van der Waals surface area contributed by atoms with E-state index in [1.807, 2.05) is 35.2 Å². The molecule has 0 saturated carbocycles. The number of ether oxygens (including phenoxy) is 1. The molecule has 0 unspecified atom stereocenters. The van der Waals surface area contributed by atoms with Crippen LogP contribution in [0.4, 0.5) is 0 Å². The van der Waals surface area contributed by atoms with Crippen LogP contribution in [0.25, 0.3) is 0 Å². The van der Waals surface area contributed by atoms with Gasteiger partial charge in [0.1, 0.15) is 12.3 Å². The van der Waals surface area contributed by atoms with Gasteiger partial charge in [-0.1, -0.05) is 110 Å². The zero-order valence-electron chi connectivity index (χ0n) is 27.4. The number of rotatable bonds is 18. The van der Waals surface area contributed by atoms with Crippen LogP contribution >= 0.6 is 0 Å². The van der Waals surface area contributed by atoms with Gasteiger partial charge in [0.2, 0.25) is 0 Å². The van der Waals surface area contributed by atoms with Crippen molar-refractivity contribution >= 4 is 5.91 Å². The Morgan fingerprint density at radius 1 is 0.744 bits per heavy atom. The summed E-state index contributed by atoms with van der Waals surface area (Å²) in [7, 11) is 0. The number of pyridine rings is 1. The molecular formula is C38H55IN2O2. The molecule has 1 aromatic heterocycles. The summed E-state index contributed by atoms with van der Waals surface area (Å²) < 4.78 is 8.48. The Hall–Kier alpha value is -2.41. The molecule has 2 aromatic carbocycles. The molecular weight excluding hydrogens is 643 g/mol. The maximum Gasteiger partial charge on any atom is 0.254 e. The fraction of sp³-hybridized carbons (Fsp3) is 0.526. The summed E-state index contributed by atoms with van der Waals surface area (Å²) in [5, 5.41) is 0. The fourth-order valence-electron chi connectivity index (χ4n) is 5.37. The van der Waals surface area contributed by atoms with Crippen molar-refractivity contribution in [1.82, 2.24) is 4.90 Å². The number of aromatic nitrogens is 1. The molecule has 0 N–H and O–H groups in total. The predicted octanol–water partition coefficient (Wildman–Crippen LogP) is 6.44. The molecule has 0 bridgehead atoms. The number of carbonyl (C=O) groups is 1. The van der Waals surface area contributed by atoms with E-state index in [-0.39, 0.29) is 35.3 Å². The first-order chi connectivity index (χ1) is 20.3. The second-order valence-corrected chi connectivity index (χ2v) is 12.7. The number of nitrogens with zero attached hydrogens (tertiary/aromatic N) is 2. The normalized spacial score (nSPS) is 11.2. The summed E-state index contributed by atoms with van der Waals surface area (Å²) in [5.41, 5.74) is 4.09. The molecule has 4 nitrogen and oxygen atoms in total. The van der Waals surface area contributed by atoms with Crippen LogP contribution in [0, 0.1) is 0 Å². The van der Waals surface area contributed by atoms with Crippen molar-refractivity contribution in [3.63, 3.8) is 0 Å². The van der Waals surface area contributed by atoms with Gasteiger partial charge in [0.05, 0.1) is 6.61 Å². The lowest BCUT2D eigenvalue weighted by Crippen LogP contribution is -3.00. The van der Waals surface area contributed by atoms with Gasteiger partial charge in [-0.3, -0.25) is 4.79 Å². The zero-order valence-corrected chi connectivity index (χ0v) is 29.6. The summed E-state index contributed by atoms with van der Waals surface area (Å²) in [6.45, 7) is 13.9. The average Bonchev–Trinajstić information content (AvgIpc) is 3.00. The van der Waals surface area contributed by atoms with E-state index in [0.717, 1.165) is 36.4 Å². The first-order valence-electron chi connectivity index (χ1n) is 16.4. The highest BCUT2D eigenvalue weighted by molar-refractivity contribution is 5.94. The van der Waals surface area contributed by atoms with Crippen LogP contribution in [0.3, 0.4) is 0 Å². The Bertz CT molecular complexity index is 1190. The van der Waals surface area contributed by atoms with E-state index >= 15 is 0 Å². The number of amides is 1. The van der Waals surface area contributed by atoms with E-state index in [9.17, 15) is 4.79 Å². The number of unbranched alkanes of at least 4 members (excludes halogenated alkanes) is 9. The highest BCUT2D eigenvalue weighted by Crippen LogP contribution is 2.33. The maximum absolute atomic E-state index is 13.6. The summed E-state index contributed by atoms with van der Waals surface area (Å²) >= 11 is 0. The van der Waals surface area contributed by atoms with Crippen molar-refractivity contribution in [2.45, 2.75) is 124 Å². The number of halogens is 1. The summed E-state index contributed by atoms with van der Waals surface area (Å²) in [5.74, 6) is 1.01. The molecule has 3 aromatic rings. The summed E-state index contributed by atoms with van der Waals surface area (Å²) in [6.07, 6.45) is 17.4. The van der Waals surface area contributed by atoms with Gasteiger partial charge in [-0.15, -0.1) is 0 Å². The van der Waals surface area contributed by atoms with Crippen LogP contribution in [0.1, 0.15) is 126 Å². The molecule has 1 heterocycles. The predicted molar refractivity (Wildman–Crippen MR) is 175 cm³/mol. The standard InChI is InChI=1S/C38H55N2O2.HI/c1-6-8-9-10-11-12-13-14-15-19-28-42-36-23-22-33(29-35(36)38(3,4)5)31-40(37(41)34-20-17-16-18-21-34)30-32-24-26-39(7-2)27-25-32;/h16-18,20-27,29H,6-15,19,28,30-31H2,1-5H3;1H/q+1;/p-1. The highest BCUT2D eigenvalue weighted by Gasteiger charge is 2.22. The number of carbonyl (C=O) groups excluding carboxylic acids is 1. The van der Waals surface area contributed by atoms with Crippen molar-refractivity contribution < 1.29 is 38.1 Å². The Morgan fingerprint density at radius 2 is 1.33 bits per heavy atom. The third-order valence-corrected chi connectivity index (χ3v) is 7.99. The van der Waals surface area contributed by atoms with Crippen molar-refractivity contribution in [2.75, 3.05) is 6.61 Å². The molecule has 5 heteroatoms. The highest BCUT2D eigenvalue weighted by atomic mass is 127. The molecule has 43 heavy (non-hydrogen) atoms. The SMILES string of the molecule is CCCCCCCCCCCCOc1ccc(CN(Cc2cc[n+](CC)cc2)C(=O)c2ccccc2)cc1C(C)(C)C.[I-]. The summed E-state index contributed by atoms with van der Waals surface area (Å²) in [6, 6.07) is 20.3. The van der Waals surface area contributed by atoms with Gasteiger partial charge in [-0.2, -0.15) is 0 Å². The minimum atomic E-state index is -0.0649. The van der Waals surface area contributed by atoms with Gasteiger partial charge in [0, 0.05) is 30.8 Å². The molecule has 0 radical (unpaired) electrons. The average molecular weight is 699 g/mol. The largest absolute Gasteiger partial charge is 1.00 e. The molecule has 0 aliphatic carbocycles. The number of aryl methyl sites for hydroxylation is 1. The van der Waals surface area contributed by atoms with Crippen LogP contribution in [-0.4, -0.2) is 17.4 Å². The second-order valence-electron chi connectivity index (χ2n) is 12.7. The van der Waals surface area contributed by atoms with Crippen molar-refractivity contribution in [2.24, 2.45) is 0 Å². The van der Waals surface area contributed by atoms with E-state index in [1.54, 1.807) is 0 Å². The van der Waals surface area contributed by atoms with E-state index in [0.29, 0.717) is 18.7 Å². The minimum absolute atomic E-state index is 0. The van der Waals surface area contributed by atoms with E-state index in [4.69, 9.17) is 4.74 Å². The van der Waals surface area contributed by atoms with Gasteiger partial charge in [0.25, 0.3) is 5.91 Å². The molecule has 0 aliphatic heterocycles. The third-order valence-electron chi connectivity index (χ3n) is 7.99. The Kier molecular flexibility index (Phi) is 16.9. The van der Waals surface area contributed by atoms with Gasteiger partial charge >= 0.3 is 0 Å². The molecule has 1 amide bonds.